The lowest BCUT2D eigenvalue weighted by atomic mass is 9.80. The molecule has 10 nitrogen and oxygen atoms in total. The Balaban J connectivity index is 2.43. The van der Waals surface area contributed by atoms with Crippen molar-refractivity contribution in [3.63, 3.8) is 0 Å². The Morgan fingerprint density at radius 1 is 0.333 bits per heavy atom. The minimum absolute atomic E-state index is 0.0510. The molecule has 0 aliphatic rings. The molecule has 0 amide bonds. The summed E-state index contributed by atoms with van der Waals surface area (Å²) in [5.74, 6) is 4.34. The number of rotatable bonds is 12. The number of phenols is 1. The Hall–Kier alpha value is -5.12. The molecule has 10 heteroatoms. The zero-order valence-corrected chi connectivity index (χ0v) is 27.6. The smallest absolute Gasteiger partial charge is 0.134 e. The van der Waals surface area contributed by atoms with E-state index in [2.05, 4.69) is 0 Å². The molecule has 0 aliphatic heterocycles. The Bertz CT molecular complexity index is 1540. The van der Waals surface area contributed by atoms with Gasteiger partial charge >= 0.3 is 0 Å². The largest absolute Gasteiger partial charge is 0.507 e. The number of methoxy groups -OCH3 is 9. The molecular formula is C35H40O10. The van der Waals surface area contributed by atoms with Crippen molar-refractivity contribution in [2.24, 2.45) is 0 Å². The molecule has 0 spiro atoms. The van der Waals surface area contributed by atoms with E-state index in [1.165, 1.54) is 0 Å². The van der Waals surface area contributed by atoms with E-state index in [0.717, 1.165) is 0 Å². The maximum atomic E-state index is 11.9. The van der Waals surface area contributed by atoms with Gasteiger partial charge in [0.1, 0.15) is 57.5 Å². The lowest BCUT2D eigenvalue weighted by molar-refractivity contribution is 0.376. The quantitative estimate of drug-likeness (QED) is 0.177. The molecular weight excluding hydrogens is 580 g/mol. The highest BCUT2D eigenvalue weighted by atomic mass is 16.5. The second-order valence-electron chi connectivity index (χ2n) is 9.94. The van der Waals surface area contributed by atoms with Crippen molar-refractivity contribution in [1.29, 1.82) is 0 Å². The van der Waals surface area contributed by atoms with Crippen LogP contribution in [0.4, 0.5) is 0 Å². The minimum Gasteiger partial charge on any atom is -0.507 e. The molecule has 0 radical (unpaired) electrons. The van der Waals surface area contributed by atoms with Gasteiger partial charge < -0.3 is 47.7 Å². The molecule has 4 aromatic rings. The van der Waals surface area contributed by atoms with E-state index in [0.29, 0.717) is 96.3 Å². The summed E-state index contributed by atoms with van der Waals surface area (Å²) in [6.45, 7) is 3.66. The zero-order chi connectivity index (χ0) is 33.0. The number of hydrogen-bond donors (Lipinski definition) is 1. The first-order valence-electron chi connectivity index (χ1n) is 13.9. The number of ether oxygens (including phenoxy) is 9. The second kappa shape index (κ2) is 13.7. The van der Waals surface area contributed by atoms with Crippen molar-refractivity contribution in [1.82, 2.24) is 0 Å². The maximum absolute atomic E-state index is 11.9. The van der Waals surface area contributed by atoms with Crippen LogP contribution >= 0.6 is 0 Å². The minimum atomic E-state index is 0.0510. The van der Waals surface area contributed by atoms with Crippen molar-refractivity contribution >= 4 is 0 Å². The van der Waals surface area contributed by atoms with Gasteiger partial charge in [-0.25, -0.2) is 0 Å². The number of phenolic OH excluding ortho intramolecular Hbond substituents is 1. The number of benzene rings is 4. The van der Waals surface area contributed by atoms with Crippen LogP contribution < -0.4 is 42.6 Å². The number of hydrogen-bond acceptors (Lipinski definition) is 10. The molecule has 0 heterocycles. The highest BCUT2D eigenvalue weighted by molar-refractivity contribution is 6.06. The molecule has 240 valence electrons. The fourth-order valence-corrected chi connectivity index (χ4v) is 5.65. The molecule has 0 atom stereocenters. The van der Waals surface area contributed by atoms with E-state index in [1.807, 2.05) is 13.8 Å². The van der Waals surface area contributed by atoms with Crippen molar-refractivity contribution in [3.8, 4) is 90.9 Å². The van der Waals surface area contributed by atoms with E-state index in [1.54, 1.807) is 100 Å². The van der Waals surface area contributed by atoms with Crippen molar-refractivity contribution < 1.29 is 47.7 Å². The van der Waals surface area contributed by atoms with Gasteiger partial charge in [-0.1, -0.05) is 0 Å². The molecule has 0 aliphatic carbocycles. The van der Waals surface area contributed by atoms with Crippen LogP contribution in [-0.4, -0.2) is 69.1 Å². The third-order valence-corrected chi connectivity index (χ3v) is 7.86. The van der Waals surface area contributed by atoms with Crippen LogP contribution in [-0.2, 0) is 0 Å². The van der Waals surface area contributed by atoms with E-state index in [-0.39, 0.29) is 5.75 Å². The SMILES string of the molecule is COc1cc(OC)c(-c2c(C)c(O)c(C)c(-c3c(OC)cc(OC)cc3OC)c2-c2c(OC)cc(OC)cc2OC)c(OC)c1. The van der Waals surface area contributed by atoms with Gasteiger partial charge in [0.2, 0.25) is 0 Å². The van der Waals surface area contributed by atoms with Crippen molar-refractivity contribution in [2.75, 3.05) is 64.0 Å². The van der Waals surface area contributed by atoms with E-state index in [9.17, 15) is 5.11 Å². The van der Waals surface area contributed by atoms with Crippen LogP contribution in [0.25, 0.3) is 33.4 Å². The average molecular weight is 621 g/mol. The molecule has 45 heavy (non-hydrogen) atoms. The normalized spacial score (nSPS) is 10.6. The standard InChI is InChI=1S/C35H40O10/c1-18-29(31-23(40-6)12-20(37-3)13-24(31)41-7)34(33-27(44-10)16-22(39-5)17-28(33)45-11)30(19(2)35(18)36)32-25(42-8)14-21(38-4)15-26(32)43-9/h12-17,36H,1-11H3. The van der Waals surface area contributed by atoms with Gasteiger partial charge in [-0.15, -0.1) is 0 Å². The summed E-state index contributed by atoms with van der Waals surface area (Å²) >= 11 is 0. The van der Waals surface area contributed by atoms with Crippen LogP contribution in [0.15, 0.2) is 36.4 Å². The fourth-order valence-electron chi connectivity index (χ4n) is 5.65. The molecule has 0 fully saturated rings. The molecule has 0 saturated heterocycles. The van der Waals surface area contributed by atoms with Crippen molar-refractivity contribution in [3.05, 3.63) is 47.5 Å². The number of aromatic hydroxyl groups is 1. The first-order chi connectivity index (χ1) is 21.7. The second-order valence-corrected chi connectivity index (χ2v) is 9.94. The highest BCUT2D eigenvalue weighted by Crippen LogP contribution is 2.59. The predicted molar refractivity (Wildman–Crippen MR) is 173 cm³/mol. The van der Waals surface area contributed by atoms with E-state index >= 15 is 0 Å². The van der Waals surface area contributed by atoms with Crippen LogP contribution in [0, 0.1) is 13.8 Å². The summed E-state index contributed by atoms with van der Waals surface area (Å²) in [7, 11) is 14.1. The van der Waals surface area contributed by atoms with Gasteiger partial charge in [-0.2, -0.15) is 0 Å². The van der Waals surface area contributed by atoms with Gasteiger partial charge in [-0.3, -0.25) is 0 Å². The molecule has 0 bridgehead atoms. The Morgan fingerprint density at radius 3 is 0.756 bits per heavy atom. The molecule has 0 unspecified atom stereocenters. The van der Waals surface area contributed by atoms with Crippen LogP contribution in [0.1, 0.15) is 11.1 Å². The summed E-state index contributed by atoms with van der Waals surface area (Å²) in [5.41, 5.74) is 4.63. The molecule has 0 saturated carbocycles. The van der Waals surface area contributed by atoms with E-state index < -0.39 is 0 Å². The summed E-state index contributed by atoms with van der Waals surface area (Å²) in [5, 5.41) is 11.9. The van der Waals surface area contributed by atoms with Crippen LogP contribution in [0.3, 0.4) is 0 Å². The first-order valence-corrected chi connectivity index (χ1v) is 13.9. The molecule has 0 aromatic heterocycles. The summed E-state index contributed by atoms with van der Waals surface area (Å²) in [4.78, 5) is 0. The van der Waals surface area contributed by atoms with Gasteiger partial charge in [0.25, 0.3) is 0 Å². The summed E-state index contributed by atoms with van der Waals surface area (Å²) in [6, 6.07) is 10.6. The zero-order valence-electron chi connectivity index (χ0n) is 27.6. The summed E-state index contributed by atoms with van der Waals surface area (Å²) in [6.07, 6.45) is 0. The van der Waals surface area contributed by atoms with Gasteiger partial charge in [0, 0.05) is 53.1 Å². The van der Waals surface area contributed by atoms with Gasteiger partial charge in [0.15, 0.2) is 0 Å². The van der Waals surface area contributed by atoms with Crippen LogP contribution in [0.2, 0.25) is 0 Å². The maximum Gasteiger partial charge on any atom is 0.134 e. The highest BCUT2D eigenvalue weighted by Gasteiger charge is 2.33. The Kier molecular flexibility index (Phi) is 9.96. The lowest BCUT2D eigenvalue weighted by Gasteiger charge is -2.28. The summed E-state index contributed by atoms with van der Waals surface area (Å²) < 4.78 is 52.3. The Labute approximate surface area is 263 Å². The molecule has 4 rings (SSSR count). The average Bonchev–Trinajstić information content (AvgIpc) is 3.08. The van der Waals surface area contributed by atoms with Crippen molar-refractivity contribution in [2.45, 2.75) is 13.8 Å². The lowest BCUT2D eigenvalue weighted by Crippen LogP contribution is -2.05. The van der Waals surface area contributed by atoms with Gasteiger partial charge in [-0.05, 0) is 25.0 Å². The van der Waals surface area contributed by atoms with E-state index in [4.69, 9.17) is 42.6 Å². The molecule has 1 N–H and O–H groups in total. The topological polar surface area (TPSA) is 103 Å². The first kappa shape index (κ1) is 32.8. The van der Waals surface area contributed by atoms with Crippen LogP contribution in [0.5, 0.6) is 57.5 Å². The Morgan fingerprint density at radius 2 is 0.556 bits per heavy atom. The predicted octanol–water partition coefficient (Wildman–Crippen LogP) is 7.09. The fraction of sp³-hybridized carbons (Fsp3) is 0.314. The molecule has 4 aromatic carbocycles. The van der Waals surface area contributed by atoms with Gasteiger partial charge in [0.05, 0.1) is 80.7 Å². The third-order valence-electron chi connectivity index (χ3n) is 7.86. The third kappa shape index (κ3) is 5.63. The monoisotopic (exact) mass is 620 g/mol.